The van der Waals surface area contributed by atoms with Crippen molar-refractivity contribution in [2.75, 3.05) is 36.0 Å². The summed E-state index contributed by atoms with van der Waals surface area (Å²) in [5, 5.41) is 3.21. The molecule has 28 heavy (non-hydrogen) atoms. The highest BCUT2D eigenvalue weighted by molar-refractivity contribution is 5.95. The Morgan fingerprint density at radius 2 is 1.61 bits per heavy atom. The van der Waals surface area contributed by atoms with Gasteiger partial charge < -0.3 is 15.1 Å². The van der Waals surface area contributed by atoms with Gasteiger partial charge in [0, 0.05) is 50.8 Å². The van der Waals surface area contributed by atoms with Crippen LogP contribution in [0.25, 0.3) is 0 Å². The van der Waals surface area contributed by atoms with E-state index in [0.29, 0.717) is 11.6 Å². The molecule has 2 aromatic rings. The summed E-state index contributed by atoms with van der Waals surface area (Å²) < 4.78 is 0. The highest BCUT2D eigenvalue weighted by Gasteiger charge is 2.21. The van der Waals surface area contributed by atoms with Gasteiger partial charge in [-0.05, 0) is 25.0 Å². The first-order valence-corrected chi connectivity index (χ1v) is 10.3. The molecule has 0 unspecified atom stereocenters. The summed E-state index contributed by atoms with van der Waals surface area (Å²) in [5.41, 5.74) is 1.65. The number of anilines is 2. The number of hydrogen-bond acceptors (Lipinski definition) is 6. The third-order valence-corrected chi connectivity index (χ3v) is 5.66. The number of rotatable bonds is 4. The van der Waals surface area contributed by atoms with Crippen molar-refractivity contribution in [2.24, 2.45) is 0 Å². The number of pyridine rings is 1. The molecule has 0 bridgehead atoms. The number of nitrogens with one attached hydrogen (secondary N) is 1. The summed E-state index contributed by atoms with van der Waals surface area (Å²) in [7, 11) is 0. The normalized spacial score (nSPS) is 18.6. The molecule has 1 saturated heterocycles. The van der Waals surface area contributed by atoms with E-state index in [1.54, 1.807) is 18.6 Å². The van der Waals surface area contributed by atoms with E-state index in [0.717, 1.165) is 50.7 Å². The Morgan fingerprint density at radius 1 is 0.929 bits per heavy atom. The fourth-order valence-corrected chi connectivity index (χ4v) is 4.04. The molecule has 2 fully saturated rings. The van der Waals surface area contributed by atoms with E-state index < -0.39 is 0 Å². The molecular weight excluding hydrogens is 352 g/mol. The van der Waals surface area contributed by atoms with Gasteiger partial charge in [-0.1, -0.05) is 25.7 Å². The van der Waals surface area contributed by atoms with E-state index in [4.69, 9.17) is 0 Å². The Hall–Kier alpha value is -2.70. The average Bonchev–Trinajstić information content (AvgIpc) is 3.03. The lowest BCUT2D eigenvalue weighted by Crippen LogP contribution is -2.47. The van der Waals surface area contributed by atoms with Gasteiger partial charge in [-0.3, -0.25) is 9.78 Å². The zero-order chi connectivity index (χ0) is 19.2. The van der Waals surface area contributed by atoms with E-state index in [1.165, 1.54) is 25.7 Å². The standard InChI is InChI=1S/C21H28N6O/c28-20(25-18-6-3-1-2-4-7-18)17-14-19(16-22-15-17)26-10-12-27(13-11-26)21-23-8-5-9-24-21/h5,8-9,14-16,18H,1-4,6-7,10-13H2,(H,25,28). The third-order valence-electron chi connectivity index (χ3n) is 5.66. The smallest absolute Gasteiger partial charge is 0.253 e. The summed E-state index contributed by atoms with van der Waals surface area (Å²) in [6, 6.07) is 4.10. The minimum absolute atomic E-state index is 0.00225. The lowest BCUT2D eigenvalue weighted by Gasteiger charge is -2.35. The molecule has 4 rings (SSSR count). The average molecular weight is 380 g/mol. The van der Waals surface area contributed by atoms with Crippen LogP contribution in [0.15, 0.2) is 36.9 Å². The molecule has 0 radical (unpaired) electrons. The highest BCUT2D eigenvalue weighted by Crippen LogP contribution is 2.20. The second-order valence-electron chi connectivity index (χ2n) is 7.62. The molecule has 2 aromatic heterocycles. The van der Waals surface area contributed by atoms with Gasteiger partial charge in [0.05, 0.1) is 17.4 Å². The molecule has 7 nitrogen and oxygen atoms in total. The number of amides is 1. The number of carbonyl (C=O) groups is 1. The number of carbonyl (C=O) groups excluding carboxylic acids is 1. The van der Waals surface area contributed by atoms with Crippen LogP contribution in [0.3, 0.4) is 0 Å². The minimum Gasteiger partial charge on any atom is -0.367 e. The van der Waals surface area contributed by atoms with Gasteiger partial charge in [0.25, 0.3) is 5.91 Å². The first-order chi connectivity index (χ1) is 13.8. The largest absolute Gasteiger partial charge is 0.367 e. The topological polar surface area (TPSA) is 74.2 Å². The maximum absolute atomic E-state index is 12.7. The zero-order valence-corrected chi connectivity index (χ0v) is 16.3. The van der Waals surface area contributed by atoms with Crippen LogP contribution in [0.1, 0.15) is 48.9 Å². The third kappa shape index (κ3) is 4.58. The second kappa shape index (κ2) is 8.99. The zero-order valence-electron chi connectivity index (χ0n) is 16.3. The van der Waals surface area contributed by atoms with Gasteiger partial charge in [-0.2, -0.15) is 0 Å². The van der Waals surface area contributed by atoms with Gasteiger partial charge in [0.15, 0.2) is 0 Å². The molecule has 1 saturated carbocycles. The first kappa shape index (κ1) is 18.7. The van der Waals surface area contributed by atoms with Gasteiger partial charge in [0.2, 0.25) is 5.95 Å². The Kier molecular flexibility index (Phi) is 5.99. The molecule has 2 aliphatic rings. The van der Waals surface area contributed by atoms with Crippen molar-refractivity contribution in [3.05, 3.63) is 42.5 Å². The lowest BCUT2D eigenvalue weighted by atomic mass is 10.1. The van der Waals surface area contributed by atoms with Crippen molar-refractivity contribution >= 4 is 17.5 Å². The molecule has 0 spiro atoms. The summed E-state index contributed by atoms with van der Waals surface area (Å²) in [4.78, 5) is 30.2. The number of piperazine rings is 1. The van der Waals surface area contributed by atoms with Crippen molar-refractivity contribution in [1.29, 1.82) is 0 Å². The quantitative estimate of drug-likeness (QED) is 0.822. The fourth-order valence-electron chi connectivity index (χ4n) is 4.04. The number of hydrogen-bond donors (Lipinski definition) is 1. The van der Waals surface area contributed by atoms with E-state index in [1.807, 2.05) is 18.3 Å². The van der Waals surface area contributed by atoms with Crippen LogP contribution >= 0.6 is 0 Å². The molecule has 7 heteroatoms. The predicted molar refractivity (Wildman–Crippen MR) is 110 cm³/mol. The summed E-state index contributed by atoms with van der Waals surface area (Å²) in [5.74, 6) is 0.773. The Morgan fingerprint density at radius 3 is 2.32 bits per heavy atom. The van der Waals surface area contributed by atoms with Crippen LogP contribution in [0.5, 0.6) is 0 Å². The number of nitrogens with zero attached hydrogens (tertiary/aromatic N) is 5. The maximum Gasteiger partial charge on any atom is 0.253 e. The van der Waals surface area contributed by atoms with Crippen molar-refractivity contribution in [2.45, 2.75) is 44.6 Å². The predicted octanol–water partition coefficient (Wildman–Crippen LogP) is 2.65. The molecule has 1 aliphatic carbocycles. The van der Waals surface area contributed by atoms with Crippen LogP contribution in [0.4, 0.5) is 11.6 Å². The van der Waals surface area contributed by atoms with Crippen LogP contribution < -0.4 is 15.1 Å². The van der Waals surface area contributed by atoms with E-state index in [2.05, 4.69) is 30.1 Å². The highest BCUT2D eigenvalue weighted by atomic mass is 16.1. The SMILES string of the molecule is O=C(NC1CCCCCC1)c1cncc(N2CCN(c3ncccn3)CC2)c1. The van der Waals surface area contributed by atoms with Crippen LogP contribution in [0, 0.1) is 0 Å². The summed E-state index contributed by atoms with van der Waals surface area (Å²) in [6.45, 7) is 3.41. The van der Waals surface area contributed by atoms with Crippen molar-refractivity contribution in [3.63, 3.8) is 0 Å². The maximum atomic E-state index is 12.7. The molecule has 1 aliphatic heterocycles. The summed E-state index contributed by atoms with van der Waals surface area (Å²) >= 11 is 0. The molecule has 1 amide bonds. The van der Waals surface area contributed by atoms with Crippen molar-refractivity contribution < 1.29 is 4.79 Å². The number of aromatic nitrogens is 3. The van der Waals surface area contributed by atoms with Crippen LogP contribution in [0.2, 0.25) is 0 Å². The monoisotopic (exact) mass is 380 g/mol. The molecular formula is C21H28N6O. The van der Waals surface area contributed by atoms with Gasteiger partial charge in [-0.15, -0.1) is 0 Å². The molecule has 1 N–H and O–H groups in total. The van der Waals surface area contributed by atoms with Crippen LogP contribution in [-0.4, -0.2) is 53.1 Å². The van der Waals surface area contributed by atoms with Crippen LogP contribution in [-0.2, 0) is 0 Å². The van der Waals surface area contributed by atoms with Crippen molar-refractivity contribution in [1.82, 2.24) is 20.3 Å². The second-order valence-corrected chi connectivity index (χ2v) is 7.62. The Balaban J connectivity index is 1.36. The van der Waals surface area contributed by atoms with Gasteiger partial charge in [0.1, 0.15) is 0 Å². The minimum atomic E-state index is -0.00225. The Bertz CT molecular complexity index is 767. The van der Waals surface area contributed by atoms with E-state index in [9.17, 15) is 4.79 Å². The molecule has 148 valence electrons. The van der Waals surface area contributed by atoms with E-state index >= 15 is 0 Å². The van der Waals surface area contributed by atoms with E-state index in [-0.39, 0.29) is 5.91 Å². The van der Waals surface area contributed by atoms with Crippen molar-refractivity contribution in [3.8, 4) is 0 Å². The molecule has 0 aromatic carbocycles. The molecule has 3 heterocycles. The lowest BCUT2D eigenvalue weighted by molar-refractivity contribution is 0.0933. The van der Waals surface area contributed by atoms with Gasteiger partial charge in [-0.25, -0.2) is 9.97 Å². The Labute approximate surface area is 166 Å². The van der Waals surface area contributed by atoms with Gasteiger partial charge >= 0.3 is 0 Å². The first-order valence-electron chi connectivity index (χ1n) is 10.3. The summed E-state index contributed by atoms with van der Waals surface area (Å²) in [6.07, 6.45) is 14.2. The fraction of sp³-hybridized carbons (Fsp3) is 0.524. The molecule has 0 atom stereocenters.